The molecule has 1 aliphatic heterocycles. The number of fused-ring (bicyclic) bond motifs is 1. The number of aliphatic hydroxyl groups is 1. The Kier molecular flexibility index (Phi) is 11.6. The number of aliphatic hydroxyl groups excluding tert-OH is 1. The molecule has 0 saturated carbocycles. The van der Waals surface area contributed by atoms with Crippen molar-refractivity contribution in [2.24, 2.45) is 5.92 Å². The second kappa shape index (κ2) is 16.2. The van der Waals surface area contributed by atoms with Crippen LogP contribution in [0, 0.1) is 17.2 Å². The zero-order chi connectivity index (χ0) is 34.3. The van der Waals surface area contributed by atoms with E-state index in [1.807, 2.05) is 37.3 Å². The van der Waals surface area contributed by atoms with Crippen molar-refractivity contribution in [3.8, 4) is 34.4 Å². The average Bonchev–Trinajstić information content (AvgIpc) is 3.53. The lowest BCUT2D eigenvalue weighted by molar-refractivity contribution is 0.150. The Bertz CT molecular complexity index is 1810. The molecular weight excluding hydrogens is 659 g/mol. The molecule has 1 fully saturated rings. The zero-order valence-corrected chi connectivity index (χ0v) is 29.4. The average molecular weight is 702 g/mol. The number of likely N-dealkylation sites (tertiary alicyclic amines) is 1. The molecule has 1 saturated heterocycles. The lowest BCUT2D eigenvalue weighted by atomic mass is 9.96. The number of ether oxygens (including phenoxy) is 3. The lowest BCUT2D eigenvalue weighted by Crippen LogP contribution is -2.34. The summed E-state index contributed by atoms with van der Waals surface area (Å²) < 4.78 is 19.2. The maximum Gasteiger partial charge on any atom is 0.142 e. The van der Waals surface area contributed by atoms with Crippen LogP contribution in [-0.2, 0) is 19.6 Å². The maximum absolute atomic E-state index is 9.54. The number of hydrogen-bond acceptors (Lipinski definition) is 8. The van der Waals surface area contributed by atoms with E-state index in [-0.39, 0.29) is 25.4 Å². The van der Waals surface area contributed by atoms with Gasteiger partial charge in [0, 0.05) is 60.2 Å². The molecule has 1 aliphatic carbocycles. The fourth-order valence-corrected chi connectivity index (χ4v) is 7.18. The first-order valence-electron chi connectivity index (χ1n) is 16.8. The molecule has 2 heterocycles. The molecule has 3 aromatic carbocycles. The number of halogens is 2. The van der Waals surface area contributed by atoms with Crippen LogP contribution in [0.4, 0.5) is 0 Å². The number of piperidine rings is 1. The molecule has 0 bridgehead atoms. The molecule has 0 radical (unpaired) electrons. The highest BCUT2D eigenvalue weighted by Crippen LogP contribution is 2.45. The molecule has 6 rings (SSSR count). The summed E-state index contributed by atoms with van der Waals surface area (Å²) in [5, 5.41) is 23.2. The van der Waals surface area contributed by atoms with Gasteiger partial charge >= 0.3 is 0 Å². The molecule has 0 spiro atoms. The van der Waals surface area contributed by atoms with Gasteiger partial charge < -0.3 is 29.5 Å². The Morgan fingerprint density at radius 1 is 1.04 bits per heavy atom. The lowest BCUT2D eigenvalue weighted by Gasteiger charge is -2.29. The standard InChI is InChI=1S/C39H42Cl2N4O4/c1-25(22-46)44-20-29-15-34(40)38(16-37(29)48-24-28-14-27(17-42)18-43-19-28)49-35-12-11-31-30(7-3-8-32(31)35)33-9-4-10-36(39(33)41)47-23-26-6-5-13-45(2)21-26/h3-4,7-10,14-16,18-19,25-26,35,44,46H,5-6,11-13,20-24H2,1-2H3/t25-,26+,35+/m1/s1. The summed E-state index contributed by atoms with van der Waals surface area (Å²) in [5.74, 6) is 2.32. The van der Waals surface area contributed by atoms with Gasteiger partial charge in [-0.3, -0.25) is 4.98 Å². The monoisotopic (exact) mass is 700 g/mol. The molecule has 49 heavy (non-hydrogen) atoms. The molecule has 256 valence electrons. The van der Waals surface area contributed by atoms with E-state index in [0.29, 0.717) is 51.9 Å². The number of nitrogens with zero attached hydrogens (tertiary/aromatic N) is 3. The summed E-state index contributed by atoms with van der Waals surface area (Å²) in [6, 6.07) is 19.7. The molecular formula is C39H42Cl2N4O4. The SMILES string of the molecule is C[C@H](CO)NCc1cc(Cl)c(O[C@H]2CCc3c(-c4cccc(OC[C@H]5CCCN(C)C5)c4Cl)cccc32)cc1OCc1cncc(C#N)c1. The van der Waals surface area contributed by atoms with Crippen molar-refractivity contribution in [1.82, 2.24) is 15.2 Å². The third-order valence-corrected chi connectivity index (χ3v) is 9.97. The van der Waals surface area contributed by atoms with Gasteiger partial charge in [0.05, 0.1) is 28.8 Å². The summed E-state index contributed by atoms with van der Waals surface area (Å²) in [6.45, 7) is 5.38. The molecule has 0 amide bonds. The molecule has 4 aromatic rings. The first-order valence-corrected chi connectivity index (χ1v) is 17.6. The van der Waals surface area contributed by atoms with E-state index in [1.54, 1.807) is 12.3 Å². The van der Waals surface area contributed by atoms with E-state index in [0.717, 1.165) is 53.7 Å². The smallest absolute Gasteiger partial charge is 0.142 e. The number of hydrogen-bond donors (Lipinski definition) is 2. The molecule has 2 N–H and O–H groups in total. The Balaban J connectivity index is 1.22. The van der Waals surface area contributed by atoms with Crippen LogP contribution in [0.15, 0.2) is 67.0 Å². The fourth-order valence-electron chi connectivity index (χ4n) is 6.67. The van der Waals surface area contributed by atoms with Gasteiger partial charge in [0.25, 0.3) is 0 Å². The molecule has 10 heteroatoms. The van der Waals surface area contributed by atoms with E-state index in [9.17, 15) is 10.4 Å². The van der Waals surface area contributed by atoms with Crippen LogP contribution in [0.2, 0.25) is 10.0 Å². The number of rotatable bonds is 13. The molecule has 3 atom stereocenters. The fraction of sp³-hybridized carbons (Fsp3) is 0.385. The Labute approximate surface area is 298 Å². The highest BCUT2D eigenvalue weighted by atomic mass is 35.5. The predicted molar refractivity (Wildman–Crippen MR) is 192 cm³/mol. The van der Waals surface area contributed by atoms with Crippen molar-refractivity contribution in [2.75, 3.05) is 33.4 Å². The largest absolute Gasteiger partial charge is 0.492 e. The van der Waals surface area contributed by atoms with Crippen molar-refractivity contribution >= 4 is 23.2 Å². The maximum atomic E-state index is 9.54. The van der Waals surface area contributed by atoms with Gasteiger partial charge in [-0.25, -0.2) is 0 Å². The van der Waals surface area contributed by atoms with Gasteiger partial charge in [-0.05, 0) is 81.1 Å². The Hall–Kier alpha value is -3.84. The first-order chi connectivity index (χ1) is 23.8. The molecule has 8 nitrogen and oxygen atoms in total. The number of aromatic nitrogens is 1. The van der Waals surface area contributed by atoms with E-state index in [2.05, 4.69) is 46.5 Å². The van der Waals surface area contributed by atoms with E-state index in [4.69, 9.17) is 37.4 Å². The van der Waals surface area contributed by atoms with Crippen molar-refractivity contribution in [3.63, 3.8) is 0 Å². The summed E-state index contributed by atoms with van der Waals surface area (Å²) in [7, 11) is 2.16. The van der Waals surface area contributed by atoms with Gasteiger partial charge in [-0.1, -0.05) is 53.5 Å². The van der Waals surface area contributed by atoms with Crippen molar-refractivity contribution in [3.05, 3.63) is 105 Å². The highest BCUT2D eigenvalue weighted by molar-refractivity contribution is 6.35. The van der Waals surface area contributed by atoms with Crippen LogP contribution in [-0.4, -0.2) is 54.4 Å². The number of nitrogens with one attached hydrogen (secondary N) is 1. The Morgan fingerprint density at radius 2 is 1.88 bits per heavy atom. The predicted octanol–water partition coefficient (Wildman–Crippen LogP) is 7.76. The van der Waals surface area contributed by atoms with E-state index >= 15 is 0 Å². The summed E-state index contributed by atoms with van der Waals surface area (Å²) in [5.41, 5.74) is 6.40. The van der Waals surface area contributed by atoms with Crippen LogP contribution in [0.25, 0.3) is 11.1 Å². The van der Waals surface area contributed by atoms with E-state index < -0.39 is 0 Å². The number of pyridine rings is 1. The number of nitriles is 1. The molecule has 0 unspecified atom stereocenters. The summed E-state index contributed by atoms with van der Waals surface area (Å²) in [6.07, 6.45) is 6.96. The normalized spacial score (nSPS) is 18.0. The van der Waals surface area contributed by atoms with Gasteiger partial charge in [0.15, 0.2) is 0 Å². The third-order valence-electron chi connectivity index (χ3n) is 9.28. The van der Waals surface area contributed by atoms with Crippen LogP contribution in [0.5, 0.6) is 17.2 Å². The van der Waals surface area contributed by atoms with Crippen molar-refractivity contribution in [2.45, 2.75) is 57.9 Å². The number of benzene rings is 3. The van der Waals surface area contributed by atoms with Gasteiger partial charge in [0.2, 0.25) is 0 Å². The van der Waals surface area contributed by atoms with Gasteiger partial charge in [0.1, 0.15) is 36.0 Å². The van der Waals surface area contributed by atoms with E-state index in [1.165, 1.54) is 24.6 Å². The van der Waals surface area contributed by atoms with Gasteiger partial charge in [-0.2, -0.15) is 5.26 Å². The molecule has 1 aromatic heterocycles. The summed E-state index contributed by atoms with van der Waals surface area (Å²) in [4.78, 5) is 6.51. The topological polar surface area (TPSA) is 99.9 Å². The summed E-state index contributed by atoms with van der Waals surface area (Å²) >= 11 is 13.9. The quantitative estimate of drug-likeness (QED) is 0.146. The zero-order valence-electron chi connectivity index (χ0n) is 27.9. The first kappa shape index (κ1) is 35.0. The van der Waals surface area contributed by atoms with Crippen molar-refractivity contribution < 1.29 is 19.3 Å². The third kappa shape index (κ3) is 8.49. The second-order valence-electron chi connectivity index (χ2n) is 13.1. The highest BCUT2D eigenvalue weighted by Gasteiger charge is 2.29. The minimum atomic E-state index is -0.211. The minimum absolute atomic E-state index is 0.00161. The van der Waals surface area contributed by atoms with Gasteiger partial charge in [-0.15, -0.1) is 0 Å². The van der Waals surface area contributed by atoms with Crippen molar-refractivity contribution in [1.29, 1.82) is 5.26 Å². The Morgan fingerprint density at radius 3 is 2.69 bits per heavy atom. The minimum Gasteiger partial charge on any atom is -0.492 e. The van der Waals surface area contributed by atoms with Crippen LogP contribution in [0.3, 0.4) is 0 Å². The van der Waals surface area contributed by atoms with Crippen LogP contribution < -0.4 is 19.5 Å². The second-order valence-corrected chi connectivity index (χ2v) is 13.8. The molecule has 2 aliphatic rings. The van der Waals surface area contributed by atoms with Crippen LogP contribution in [0.1, 0.15) is 60.1 Å². The van der Waals surface area contributed by atoms with Crippen LogP contribution >= 0.6 is 23.2 Å².